The Morgan fingerprint density at radius 1 is 1.25 bits per heavy atom. The monoisotopic (exact) mass is 409 g/mol. The van der Waals surface area contributed by atoms with Gasteiger partial charge in [0, 0.05) is 29.6 Å². The van der Waals surface area contributed by atoms with E-state index in [1.54, 1.807) is 28.4 Å². The van der Waals surface area contributed by atoms with Gasteiger partial charge in [-0.1, -0.05) is 13.8 Å². The van der Waals surface area contributed by atoms with Gasteiger partial charge in [0.15, 0.2) is 0 Å². The lowest BCUT2D eigenvalue weighted by Crippen LogP contribution is -2.51. The Hall–Kier alpha value is -2.06. The summed E-state index contributed by atoms with van der Waals surface area (Å²) in [5, 5.41) is 6.53. The standard InChI is InChI=1S/C20H25F2N3O2S/c1-12(2)18-24-17(11-28-18)13(3)23-16-5-4-10-25(19(16)26)14-6-8-15(9-7-14)27-20(21)22/h6-9,11-13,16,20,23H,4-5,10H2,1-3H3. The number of anilines is 1. The number of hydrogen-bond donors (Lipinski definition) is 1. The third-order valence-electron chi connectivity index (χ3n) is 4.74. The lowest BCUT2D eigenvalue weighted by molar-refractivity contribution is -0.122. The number of halogens is 2. The molecule has 2 aromatic rings. The van der Waals surface area contributed by atoms with Crippen molar-refractivity contribution in [2.75, 3.05) is 11.4 Å². The van der Waals surface area contributed by atoms with E-state index in [2.05, 4.69) is 28.9 Å². The van der Waals surface area contributed by atoms with Gasteiger partial charge in [0.1, 0.15) is 5.75 Å². The van der Waals surface area contributed by atoms with Crippen molar-refractivity contribution in [2.45, 2.75) is 58.2 Å². The maximum atomic E-state index is 13.0. The zero-order valence-corrected chi connectivity index (χ0v) is 17.0. The van der Waals surface area contributed by atoms with Crippen LogP contribution in [0.1, 0.15) is 56.3 Å². The predicted molar refractivity (Wildman–Crippen MR) is 106 cm³/mol. The first kappa shape index (κ1) is 20.7. The summed E-state index contributed by atoms with van der Waals surface area (Å²) in [6, 6.07) is 5.85. The van der Waals surface area contributed by atoms with E-state index in [0.29, 0.717) is 18.2 Å². The number of rotatable bonds is 7. The van der Waals surface area contributed by atoms with E-state index in [9.17, 15) is 13.6 Å². The van der Waals surface area contributed by atoms with Crippen LogP contribution in [0.5, 0.6) is 5.75 Å². The van der Waals surface area contributed by atoms with Crippen molar-refractivity contribution in [1.29, 1.82) is 0 Å². The maximum Gasteiger partial charge on any atom is 0.387 e. The van der Waals surface area contributed by atoms with Crippen molar-refractivity contribution < 1.29 is 18.3 Å². The molecule has 3 rings (SSSR count). The molecule has 1 fully saturated rings. The fraction of sp³-hybridized carbons (Fsp3) is 0.500. The fourth-order valence-electron chi connectivity index (χ4n) is 3.25. The second kappa shape index (κ2) is 8.96. The summed E-state index contributed by atoms with van der Waals surface area (Å²) in [5.74, 6) is 0.450. The van der Waals surface area contributed by atoms with E-state index in [1.165, 1.54) is 12.1 Å². The van der Waals surface area contributed by atoms with Gasteiger partial charge >= 0.3 is 6.61 Å². The largest absolute Gasteiger partial charge is 0.435 e. The number of amides is 1. The van der Waals surface area contributed by atoms with E-state index in [1.807, 2.05) is 12.3 Å². The SMILES string of the molecule is CC(C)c1nc(C(C)NC2CCCN(c3ccc(OC(F)F)cc3)C2=O)cs1. The normalized spacial score (nSPS) is 18.8. The molecule has 1 amide bonds. The Bertz CT molecular complexity index is 795. The molecule has 1 saturated heterocycles. The molecule has 0 aliphatic carbocycles. The van der Waals surface area contributed by atoms with Gasteiger partial charge in [0.25, 0.3) is 0 Å². The molecule has 1 N–H and O–H groups in total. The number of benzene rings is 1. The molecule has 28 heavy (non-hydrogen) atoms. The van der Waals surface area contributed by atoms with Crippen molar-refractivity contribution >= 4 is 22.9 Å². The van der Waals surface area contributed by atoms with Crippen molar-refractivity contribution in [2.24, 2.45) is 0 Å². The summed E-state index contributed by atoms with van der Waals surface area (Å²) < 4.78 is 29.0. The van der Waals surface area contributed by atoms with Crippen molar-refractivity contribution in [3.05, 3.63) is 40.3 Å². The number of thiazole rings is 1. The molecule has 0 radical (unpaired) electrons. The van der Waals surface area contributed by atoms with Crippen molar-refractivity contribution in [3.8, 4) is 5.75 Å². The van der Waals surface area contributed by atoms with Crippen molar-refractivity contribution in [3.63, 3.8) is 0 Å². The first-order valence-corrected chi connectivity index (χ1v) is 10.3. The quantitative estimate of drug-likeness (QED) is 0.719. The number of nitrogens with one attached hydrogen (secondary N) is 1. The first-order chi connectivity index (χ1) is 13.3. The molecular weight excluding hydrogens is 384 g/mol. The molecule has 0 bridgehead atoms. The van der Waals surface area contributed by atoms with Crippen LogP contribution in [0.3, 0.4) is 0 Å². The highest BCUT2D eigenvalue weighted by Gasteiger charge is 2.31. The summed E-state index contributed by atoms with van der Waals surface area (Å²) in [6.45, 7) is 3.98. The molecule has 2 atom stereocenters. The van der Waals surface area contributed by atoms with Gasteiger partial charge in [-0.25, -0.2) is 4.98 Å². The van der Waals surface area contributed by atoms with E-state index in [-0.39, 0.29) is 23.7 Å². The van der Waals surface area contributed by atoms with Crippen molar-refractivity contribution in [1.82, 2.24) is 10.3 Å². The molecule has 2 unspecified atom stereocenters. The average Bonchev–Trinajstić information content (AvgIpc) is 3.14. The number of carbonyl (C=O) groups excluding carboxylic acids is 1. The van der Waals surface area contributed by atoms with Crippen LogP contribution < -0.4 is 15.0 Å². The minimum absolute atomic E-state index is 0.0139. The number of aromatic nitrogens is 1. The van der Waals surface area contributed by atoms with Crippen LogP contribution in [0.15, 0.2) is 29.6 Å². The summed E-state index contributed by atoms with van der Waals surface area (Å²) in [7, 11) is 0. The Kier molecular flexibility index (Phi) is 6.61. The number of ether oxygens (including phenoxy) is 1. The summed E-state index contributed by atoms with van der Waals surface area (Å²) >= 11 is 1.64. The molecular formula is C20H25F2N3O2S. The Labute approximate surface area is 167 Å². The fourth-order valence-corrected chi connectivity index (χ4v) is 4.17. The van der Waals surface area contributed by atoms with Crippen LogP contribution in [0.25, 0.3) is 0 Å². The van der Waals surface area contributed by atoms with Crippen LogP contribution in [-0.4, -0.2) is 30.1 Å². The van der Waals surface area contributed by atoms with Crippen LogP contribution in [-0.2, 0) is 4.79 Å². The minimum atomic E-state index is -2.86. The van der Waals surface area contributed by atoms with Gasteiger partial charge in [0.2, 0.25) is 5.91 Å². The van der Waals surface area contributed by atoms with Crippen LogP contribution in [0, 0.1) is 0 Å². The van der Waals surface area contributed by atoms with E-state index < -0.39 is 6.61 Å². The topological polar surface area (TPSA) is 54.5 Å². The average molecular weight is 410 g/mol. The zero-order valence-electron chi connectivity index (χ0n) is 16.2. The van der Waals surface area contributed by atoms with E-state index >= 15 is 0 Å². The molecule has 8 heteroatoms. The summed E-state index contributed by atoms with van der Waals surface area (Å²) in [4.78, 5) is 19.3. The maximum absolute atomic E-state index is 13.0. The van der Waals surface area contributed by atoms with Gasteiger partial charge in [-0.2, -0.15) is 8.78 Å². The molecule has 1 aromatic carbocycles. The number of carbonyl (C=O) groups is 1. The van der Waals surface area contributed by atoms with E-state index in [0.717, 1.165) is 23.5 Å². The highest BCUT2D eigenvalue weighted by atomic mass is 32.1. The number of hydrogen-bond acceptors (Lipinski definition) is 5. The molecule has 1 aromatic heterocycles. The number of alkyl halides is 2. The van der Waals surface area contributed by atoms with Gasteiger partial charge in [0.05, 0.1) is 16.7 Å². The molecule has 0 spiro atoms. The molecule has 1 aliphatic heterocycles. The van der Waals surface area contributed by atoms with Gasteiger partial charge in [-0.3, -0.25) is 10.1 Å². The first-order valence-electron chi connectivity index (χ1n) is 9.42. The van der Waals surface area contributed by atoms with Gasteiger partial charge < -0.3 is 9.64 Å². The smallest absolute Gasteiger partial charge is 0.387 e. The number of piperidine rings is 1. The molecule has 2 heterocycles. The second-order valence-electron chi connectivity index (χ2n) is 7.21. The summed E-state index contributed by atoms with van der Waals surface area (Å²) in [5.41, 5.74) is 1.63. The van der Waals surface area contributed by atoms with Crippen LogP contribution >= 0.6 is 11.3 Å². The minimum Gasteiger partial charge on any atom is -0.435 e. The highest BCUT2D eigenvalue weighted by molar-refractivity contribution is 7.09. The van der Waals surface area contributed by atoms with Crippen LogP contribution in [0.2, 0.25) is 0 Å². The van der Waals surface area contributed by atoms with Gasteiger partial charge in [-0.15, -0.1) is 11.3 Å². The third kappa shape index (κ3) is 4.86. The molecule has 152 valence electrons. The second-order valence-corrected chi connectivity index (χ2v) is 8.10. The number of nitrogens with zero attached hydrogens (tertiary/aromatic N) is 2. The highest BCUT2D eigenvalue weighted by Crippen LogP contribution is 2.27. The molecule has 1 aliphatic rings. The lowest BCUT2D eigenvalue weighted by atomic mass is 10.0. The Morgan fingerprint density at radius 3 is 2.57 bits per heavy atom. The molecule has 5 nitrogen and oxygen atoms in total. The Balaban J connectivity index is 1.66. The molecule has 0 saturated carbocycles. The summed E-state index contributed by atoms with van der Waals surface area (Å²) in [6.07, 6.45) is 1.62. The van der Waals surface area contributed by atoms with Gasteiger partial charge in [-0.05, 0) is 44.0 Å². The zero-order chi connectivity index (χ0) is 20.3. The third-order valence-corrected chi connectivity index (χ3v) is 5.90. The van der Waals surface area contributed by atoms with Crippen LogP contribution in [0.4, 0.5) is 14.5 Å². The predicted octanol–water partition coefficient (Wildman–Crippen LogP) is 4.71. The van der Waals surface area contributed by atoms with E-state index in [4.69, 9.17) is 0 Å². The lowest BCUT2D eigenvalue weighted by Gasteiger charge is -2.34. The Morgan fingerprint density at radius 2 is 1.96 bits per heavy atom.